The van der Waals surface area contributed by atoms with Gasteiger partial charge in [-0.05, 0) is 37.8 Å². The summed E-state index contributed by atoms with van der Waals surface area (Å²) in [6.07, 6.45) is 1.94. The van der Waals surface area contributed by atoms with E-state index in [2.05, 4.69) is 11.4 Å². The Balaban J connectivity index is 1.89. The minimum absolute atomic E-state index is 0.165. The van der Waals surface area contributed by atoms with Crippen LogP contribution in [-0.2, 0) is 4.79 Å². The molecule has 1 N–H and O–H groups in total. The second-order valence-corrected chi connectivity index (χ2v) is 5.82. The van der Waals surface area contributed by atoms with Crippen molar-refractivity contribution in [3.05, 3.63) is 28.2 Å². The fraction of sp³-hybridized carbons (Fsp3) is 0.429. The van der Waals surface area contributed by atoms with Crippen molar-refractivity contribution < 1.29 is 9.53 Å². The quantitative estimate of drug-likeness (QED) is 0.908. The van der Waals surface area contributed by atoms with Crippen molar-refractivity contribution in [2.45, 2.75) is 25.3 Å². The molecule has 0 aromatic heterocycles. The number of nitrogens with one attached hydrogen (secondary N) is 1. The molecular formula is C14H14Cl2N2O2. The van der Waals surface area contributed by atoms with Gasteiger partial charge in [0.15, 0.2) is 6.61 Å². The van der Waals surface area contributed by atoms with Gasteiger partial charge < -0.3 is 10.1 Å². The van der Waals surface area contributed by atoms with Crippen LogP contribution in [0.4, 0.5) is 0 Å². The summed E-state index contributed by atoms with van der Waals surface area (Å²) in [5, 5.41) is 12.7. The fourth-order valence-corrected chi connectivity index (χ4v) is 2.21. The maximum Gasteiger partial charge on any atom is 0.259 e. The number of benzene rings is 1. The Labute approximate surface area is 127 Å². The maximum atomic E-state index is 11.8. The molecule has 0 heterocycles. The number of rotatable bonds is 5. The summed E-state index contributed by atoms with van der Waals surface area (Å²) in [6, 6.07) is 6.93. The minimum atomic E-state index is -0.807. The van der Waals surface area contributed by atoms with Crippen LogP contribution in [0.3, 0.4) is 0 Å². The Morgan fingerprint density at radius 3 is 2.75 bits per heavy atom. The third-order valence-electron chi connectivity index (χ3n) is 3.29. The van der Waals surface area contributed by atoms with Crippen molar-refractivity contribution >= 4 is 29.1 Å². The first-order chi connectivity index (χ1) is 9.44. The standard InChI is InChI=1S/C14H14Cl2N2O2/c1-14(8-17,9-2-3-9)18-13(19)7-20-10-4-5-11(15)12(16)6-10/h4-6,9H,2-3,7H2,1H3,(H,18,19). The molecule has 106 valence electrons. The molecule has 1 aromatic carbocycles. The van der Waals surface area contributed by atoms with Crippen LogP contribution in [0, 0.1) is 17.2 Å². The van der Waals surface area contributed by atoms with Crippen LogP contribution >= 0.6 is 23.2 Å². The van der Waals surface area contributed by atoms with E-state index >= 15 is 0 Å². The Morgan fingerprint density at radius 2 is 2.20 bits per heavy atom. The van der Waals surface area contributed by atoms with Crippen LogP contribution in [0.1, 0.15) is 19.8 Å². The van der Waals surface area contributed by atoms with E-state index in [-0.39, 0.29) is 18.4 Å². The molecule has 4 nitrogen and oxygen atoms in total. The lowest BCUT2D eigenvalue weighted by Crippen LogP contribution is -2.48. The van der Waals surface area contributed by atoms with E-state index in [9.17, 15) is 4.79 Å². The Kier molecular flexibility index (Phi) is 4.42. The summed E-state index contributed by atoms with van der Waals surface area (Å²) in [6.45, 7) is 1.57. The largest absolute Gasteiger partial charge is 0.484 e. The Morgan fingerprint density at radius 1 is 1.50 bits per heavy atom. The molecule has 20 heavy (non-hydrogen) atoms. The van der Waals surface area contributed by atoms with Crippen LogP contribution < -0.4 is 10.1 Å². The molecule has 0 aliphatic heterocycles. The van der Waals surface area contributed by atoms with Crippen molar-refractivity contribution in [2.75, 3.05) is 6.61 Å². The van der Waals surface area contributed by atoms with Gasteiger partial charge in [-0.1, -0.05) is 23.2 Å². The molecule has 1 saturated carbocycles. The lowest BCUT2D eigenvalue weighted by Gasteiger charge is -2.22. The Hall–Kier alpha value is -1.44. The summed E-state index contributed by atoms with van der Waals surface area (Å²) >= 11 is 11.6. The lowest BCUT2D eigenvalue weighted by atomic mass is 9.98. The number of carbonyl (C=O) groups is 1. The van der Waals surface area contributed by atoms with Gasteiger partial charge in [-0.3, -0.25) is 4.79 Å². The zero-order valence-electron chi connectivity index (χ0n) is 11.0. The predicted molar refractivity (Wildman–Crippen MR) is 76.8 cm³/mol. The van der Waals surface area contributed by atoms with Gasteiger partial charge in [0.05, 0.1) is 16.1 Å². The second-order valence-electron chi connectivity index (χ2n) is 5.00. The smallest absolute Gasteiger partial charge is 0.259 e. The predicted octanol–water partition coefficient (Wildman–Crippen LogP) is 3.18. The van der Waals surface area contributed by atoms with Crippen molar-refractivity contribution in [1.82, 2.24) is 5.32 Å². The third-order valence-corrected chi connectivity index (χ3v) is 4.03. The zero-order chi connectivity index (χ0) is 14.8. The Bertz CT molecular complexity index is 567. The number of ether oxygens (including phenoxy) is 1. The van der Waals surface area contributed by atoms with E-state index in [4.69, 9.17) is 33.2 Å². The second kappa shape index (κ2) is 5.90. The molecule has 1 aromatic rings. The SMILES string of the molecule is CC(C#N)(NC(=O)COc1ccc(Cl)c(Cl)c1)C1CC1. The number of hydrogen-bond acceptors (Lipinski definition) is 3. The van der Waals surface area contributed by atoms with Crippen molar-refractivity contribution in [3.8, 4) is 11.8 Å². The topological polar surface area (TPSA) is 62.1 Å². The molecular weight excluding hydrogens is 299 g/mol. The molecule has 2 rings (SSSR count). The summed E-state index contributed by atoms with van der Waals surface area (Å²) in [4.78, 5) is 11.8. The summed E-state index contributed by atoms with van der Waals surface area (Å²) in [7, 11) is 0. The van der Waals surface area contributed by atoms with Crippen LogP contribution in [0.2, 0.25) is 10.0 Å². The molecule has 1 fully saturated rings. The van der Waals surface area contributed by atoms with Gasteiger partial charge >= 0.3 is 0 Å². The third kappa shape index (κ3) is 3.56. The number of nitrogens with zero attached hydrogens (tertiary/aromatic N) is 1. The average molecular weight is 313 g/mol. The van der Waals surface area contributed by atoms with E-state index in [1.54, 1.807) is 25.1 Å². The number of carbonyl (C=O) groups excluding carboxylic acids is 1. The van der Waals surface area contributed by atoms with E-state index < -0.39 is 5.54 Å². The molecule has 1 atom stereocenters. The molecule has 0 saturated heterocycles. The van der Waals surface area contributed by atoms with E-state index in [1.165, 1.54) is 0 Å². The van der Waals surface area contributed by atoms with Gasteiger partial charge in [0.1, 0.15) is 11.3 Å². The summed E-state index contributed by atoms with van der Waals surface area (Å²) in [5.74, 6) is 0.369. The molecule has 1 amide bonds. The van der Waals surface area contributed by atoms with Crippen molar-refractivity contribution in [3.63, 3.8) is 0 Å². The number of nitriles is 1. The average Bonchev–Trinajstić information content (AvgIpc) is 3.25. The number of hydrogen-bond donors (Lipinski definition) is 1. The molecule has 1 unspecified atom stereocenters. The zero-order valence-corrected chi connectivity index (χ0v) is 12.5. The van der Waals surface area contributed by atoms with Gasteiger partial charge in [-0.15, -0.1) is 0 Å². The molecule has 6 heteroatoms. The van der Waals surface area contributed by atoms with Crippen LogP contribution in [-0.4, -0.2) is 18.1 Å². The van der Waals surface area contributed by atoms with Gasteiger partial charge in [0.2, 0.25) is 0 Å². The van der Waals surface area contributed by atoms with E-state index in [1.807, 2.05) is 0 Å². The molecule has 1 aliphatic carbocycles. The van der Waals surface area contributed by atoms with Crippen LogP contribution in [0.15, 0.2) is 18.2 Å². The lowest BCUT2D eigenvalue weighted by molar-refractivity contribution is -0.124. The number of halogens is 2. The minimum Gasteiger partial charge on any atom is -0.484 e. The monoisotopic (exact) mass is 312 g/mol. The highest BCUT2D eigenvalue weighted by Gasteiger charge is 2.43. The van der Waals surface area contributed by atoms with Crippen molar-refractivity contribution in [2.24, 2.45) is 5.92 Å². The molecule has 0 spiro atoms. The molecule has 1 aliphatic rings. The first-order valence-electron chi connectivity index (χ1n) is 6.25. The molecule has 0 bridgehead atoms. The highest BCUT2D eigenvalue weighted by atomic mass is 35.5. The molecule has 0 radical (unpaired) electrons. The normalized spacial score (nSPS) is 16.9. The van der Waals surface area contributed by atoms with Gasteiger partial charge in [0, 0.05) is 6.07 Å². The van der Waals surface area contributed by atoms with Gasteiger partial charge in [0.25, 0.3) is 5.91 Å². The van der Waals surface area contributed by atoms with Crippen molar-refractivity contribution in [1.29, 1.82) is 5.26 Å². The first-order valence-corrected chi connectivity index (χ1v) is 7.00. The summed E-state index contributed by atoms with van der Waals surface area (Å²) < 4.78 is 5.33. The first kappa shape index (κ1) is 15.0. The summed E-state index contributed by atoms with van der Waals surface area (Å²) in [5.41, 5.74) is -0.807. The highest BCUT2D eigenvalue weighted by molar-refractivity contribution is 6.42. The maximum absolute atomic E-state index is 11.8. The van der Waals surface area contributed by atoms with Crippen LogP contribution in [0.5, 0.6) is 5.75 Å². The van der Waals surface area contributed by atoms with E-state index in [0.717, 1.165) is 12.8 Å². The van der Waals surface area contributed by atoms with Gasteiger partial charge in [-0.2, -0.15) is 5.26 Å². The van der Waals surface area contributed by atoms with Gasteiger partial charge in [-0.25, -0.2) is 0 Å². The number of amides is 1. The van der Waals surface area contributed by atoms with E-state index in [0.29, 0.717) is 15.8 Å². The highest BCUT2D eigenvalue weighted by Crippen LogP contribution is 2.39. The van der Waals surface area contributed by atoms with Crippen LogP contribution in [0.25, 0.3) is 0 Å². The fourth-order valence-electron chi connectivity index (χ4n) is 1.92.